The molecule has 3 amide bonds. The number of methoxy groups -OCH3 is 3. The van der Waals surface area contributed by atoms with Crippen LogP contribution in [0.15, 0.2) is 78.9 Å². The number of hydrogen-bond acceptors (Lipinski definition) is 8. The molecule has 0 radical (unpaired) electrons. The fourth-order valence-corrected chi connectivity index (χ4v) is 7.86. The highest BCUT2D eigenvalue weighted by Crippen LogP contribution is 2.44. The number of carbonyl (C=O) groups excluding carboxylic acids is 2. The zero-order valence-electron chi connectivity index (χ0n) is 30.8. The molecule has 5 rings (SSSR count). The maximum absolute atomic E-state index is 13.3. The van der Waals surface area contributed by atoms with E-state index >= 15 is 0 Å². The lowest BCUT2D eigenvalue weighted by atomic mass is 9.80. The molecular formula is C39H52N2O8Si. The average Bonchev–Trinajstić information content (AvgIpc) is 3.48. The number of carbonyl (C=O) groups is 2. The van der Waals surface area contributed by atoms with Gasteiger partial charge in [0.15, 0.2) is 8.32 Å². The van der Waals surface area contributed by atoms with Crippen LogP contribution >= 0.6 is 0 Å². The van der Waals surface area contributed by atoms with Gasteiger partial charge in [-0.25, -0.2) is 4.79 Å². The summed E-state index contributed by atoms with van der Waals surface area (Å²) in [6.07, 6.45) is -1.13. The third-order valence-corrected chi connectivity index (χ3v) is 14.9. The van der Waals surface area contributed by atoms with Crippen LogP contribution in [0.4, 0.5) is 4.79 Å². The first kappa shape index (κ1) is 37.5. The van der Waals surface area contributed by atoms with Crippen molar-refractivity contribution in [3.8, 4) is 11.5 Å². The molecule has 0 unspecified atom stereocenters. The summed E-state index contributed by atoms with van der Waals surface area (Å²) in [5, 5.41) is 2.46. The van der Waals surface area contributed by atoms with Crippen molar-refractivity contribution in [3.63, 3.8) is 0 Å². The molecule has 2 saturated heterocycles. The summed E-state index contributed by atoms with van der Waals surface area (Å²) in [5.74, 6) is 1.10. The minimum absolute atomic E-state index is 0.0670. The summed E-state index contributed by atoms with van der Waals surface area (Å²) in [4.78, 5) is 27.8. The predicted octanol–water partition coefficient (Wildman–Crippen LogP) is 6.72. The smallest absolute Gasteiger partial charge is 0.326 e. The van der Waals surface area contributed by atoms with E-state index in [9.17, 15) is 9.59 Å². The lowest BCUT2D eigenvalue weighted by Gasteiger charge is -2.41. The molecule has 3 aromatic rings. The summed E-state index contributed by atoms with van der Waals surface area (Å²) in [7, 11) is 2.53. The molecule has 0 aromatic heterocycles. The summed E-state index contributed by atoms with van der Waals surface area (Å²) < 4.78 is 37.5. The van der Waals surface area contributed by atoms with Crippen LogP contribution in [0.3, 0.4) is 0 Å². The van der Waals surface area contributed by atoms with Crippen LogP contribution in [0.1, 0.15) is 50.8 Å². The Bertz CT molecular complexity index is 1560. The highest BCUT2D eigenvalue weighted by atomic mass is 28.4. The number of hydrogen-bond donors (Lipinski definition) is 1. The molecule has 0 aliphatic carbocycles. The van der Waals surface area contributed by atoms with Gasteiger partial charge in [0.2, 0.25) is 5.91 Å². The Balaban J connectivity index is 1.56. The van der Waals surface area contributed by atoms with E-state index in [0.29, 0.717) is 6.42 Å². The van der Waals surface area contributed by atoms with Crippen LogP contribution in [-0.4, -0.2) is 84.7 Å². The van der Waals surface area contributed by atoms with E-state index in [1.807, 2.05) is 66.7 Å². The Morgan fingerprint density at radius 2 is 1.40 bits per heavy atom. The maximum atomic E-state index is 13.3. The molecule has 0 spiro atoms. The average molecular weight is 705 g/mol. The van der Waals surface area contributed by atoms with E-state index in [2.05, 4.69) is 51.3 Å². The van der Waals surface area contributed by atoms with Crippen molar-refractivity contribution in [2.24, 2.45) is 5.41 Å². The first-order valence-electron chi connectivity index (χ1n) is 17.1. The first-order chi connectivity index (χ1) is 23.7. The first-order valence-corrected chi connectivity index (χ1v) is 20.0. The number of rotatable bonds is 13. The maximum Gasteiger partial charge on any atom is 0.326 e. The van der Waals surface area contributed by atoms with Crippen molar-refractivity contribution in [2.45, 2.75) is 76.3 Å². The molecule has 270 valence electrons. The molecular weight excluding hydrogens is 653 g/mol. The van der Waals surface area contributed by atoms with Gasteiger partial charge in [-0.1, -0.05) is 75.4 Å². The van der Waals surface area contributed by atoms with Gasteiger partial charge in [-0.05, 0) is 66.0 Å². The molecule has 50 heavy (non-hydrogen) atoms. The molecule has 4 atom stereocenters. The SMILES string of the molecule is COC[C@]1(C)CN([C@H]2C[C@H](O[Si](C)(C)C(C)(C)C)[C@@H](COC(c3ccccc3)(c3ccc(OC)cc3)c3ccc(OC)cc3)O2)C(=O)NC1=O. The summed E-state index contributed by atoms with van der Waals surface area (Å²) in [5.41, 5.74) is 0.734. The van der Waals surface area contributed by atoms with Gasteiger partial charge in [0.25, 0.3) is 0 Å². The Morgan fingerprint density at radius 1 is 0.860 bits per heavy atom. The van der Waals surface area contributed by atoms with E-state index in [1.165, 1.54) is 0 Å². The molecule has 2 aliphatic heterocycles. The summed E-state index contributed by atoms with van der Waals surface area (Å²) >= 11 is 0. The van der Waals surface area contributed by atoms with Crippen LogP contribution in [0.2, 0.25) is 18.1 Å². The topological polar surface area (TPSA) is 105 Å². The molecule has 10 nitrogen and oxygen atoms in total. The van der Waals surface area contributed by atoms with Crippen LogP contribution < -0.4 is 14.8 Å². The van der Waals surface area contributed by atoms with Crippen molar-refractivity contribution in [1.82, 2.24) is 10.2 Å². The third kappa shape index (κ3) is 7.47. The van der Waals surface area contributed by atoms with E-state index < -0.39 is 37.7 Å². The van der Waals surface area contributed by atoms with Crippen molar-refractivity contribution >= 4 is 20.3 Å². The number of amides is 3. The Kier molecular flexibility index (Phi) is 11.1. The summed E-state index contributed by atoms with van der Waals surface area (Å²) in [6.45, 7) is 13.3. The number of nitrogens with one attached hydrogen (secondary N) is 1. The van der Waals surface area contributed by atoms with E-state index in [1.54, 1.807) is 33.2 Å². The van der Waals surface area contributed by atoms with Gasteiger partial charge >= 0.3 is 6.03 Å². The van der Waals surface area contributed by atoms with Gasteiger partial charge in [-0.3, -0.25) is 15.0 Å². The monoisotopic (exact) mass is 704 g/mol. The lowest BCUT2D eigenvalue weighted by Crippen LogP contribution is -2.63. The van der Waals surface area contributed by atoms with Gasteiger partial charge < -0.3 is 28.1 Å². The second kappa shape index (κ2) is 14.9. The second-order valence-corrected chi connectivity index (χ2v) is 19.7. The molecule has 0 bridgehead atoms. The summed E-state index contributed by atoms with van der Waals surface area (Å²) in [6, 6.07) is 25.4. The van der Waals surface area contributed by atoms with Crippen molar-refractivity contribution in [3.05, 3.63) is 95.6 Å². The zero-order valence-corrected chi connectivity index (χ0v) is 31.8. The van der Waals surface area contributed by atoms with E-state index in [-0.39, 0.29) is 36.8 Å². The molecule has 11 heteroatoms. The Morgan fingerprint density at radius 3 is 1.90 bits per heavy atom. The van der Waals surface area contributed by atoms with Crippen LogP contribution in [0, 0.1) is 5.41 Å². The van der Waals surface area contributed by atoms with Gasteiger partial charge in [0.1, 0.15) is 29.4 Å². The van der Waals surface area contributed by atoms with E-state index in [4.69, 9.17) is 28.1 Å². The van der Waals surface area contributed by atoms with E-state index in [0.717, 1.165) is 28.2 Å². The van der Waals surface area contributed by atoms with Crippen LogP contribution in [-0.2, 0) is 29.0 Å². The number of imide groups is 1. The molecule has 2 aliphatic rings. The van der Waals surface area contributed by atoms with Gasteiger partial charge in [0.05, 0.1) is 39.0 Å². The molecule has 3 aromatic carbocycles. The minimum Gasteiger partial charge on any atom is -0.497 e. The largest absolute Gasteiger partial charge is 0.497 e. The predicted molar refractivity (Wildman–Crippen MR) is 194 cm³/mol. The fraction of sp³-hybridized carbons (Fsp3) is 0.487. The van der Waals surface area contributed by atoms with Crippen LogP contribution in [0.25, 0.3) is 0 Å². The standard InChI is InChI=1S/C39H52N2O8Si/c1-37(2,3)50(8,9)49-32-23-34(41-25-38(4,26-44-5)35(42)40-36(41)43)48-33(32)24-47-39(27-13-11-10-12-14-27,28-15-19-30(45-6)20-16-28)29-17-21-31(46-7)22-18-29/h10-22,32-34H,23-26H2,1-9H3,(H,40,42,43)/t32-,33+,34+,38-/m0/s1. The van der Waals surface area contributed by atoms with Gasteiger partial charge in [-0.15, -0.1) is 0 Å². The molecule has 1 N–H and O–H groups in total. The minimum atomic E-state index is -2.30. The van der Waals surface area contributed by atoms with Crippen LogP contribution in [0.5, 0.6) is 11.5 Å². The molecule has 2 fully saturated rings. The van der Waals surface area contributed by atoms with Crippen molar-refractivity contribution in [2.75, 3.05) is 41.1 Å². The highest BCUT2D eigenvalue weighted by Gasteiger charge is 2.51. The second-order valence-electron chi connectivity index (χ2n) is 15.0. The highest BCUT2D eigenvalue weighted by molar-refractivity contribution is 6.74. The van der Waals surface area contributed by atoms with Crippen molar-refractivity contribution in [1.29, 1.82) is 0 Å². The fourth-order valence-electron chi connectivity index (χ4n) is 6.51. The van der Waals surface area contributed by atoms with Gasteiger partial charge in [-0.2, -0.15) is 0 Å². The normalized spacial score (nSPS) is 23.1. The quantitative estimate of drug-likeness (QED) is 0.155. The number of nitrogens with zero attached hydrogens (tertiary/aromatic N) is 1. The Hall–Kier alpha value is -3.74. The third-order valence-electron chi connectivity index (χ3n) is 10.4. The molecule has 2 heterocycles. The zero-order chi connectivity index (χ0) is 36.3. The lowest BCUT2D eigenvalue weighted by molar-refractivity contribution is -0.142. The number of urea groups is 1. The number of ether oxygens (including phenoxy) is 5. The van der Waals surface area contributed by atoms with Crippen molar-refractivity contribution < 1.29 is 37.7 Å². The molecule has 0 saturated carbocycles. The number of benzene rings is 3. The Labute approximate surface area is 297 Å². The van der Waals surface area contributed by atoms with Gasteiger partial charge in [0, 0.05) is 20.1 Å².